The van der Waals surface area contributed by atoms with Crippen molar-refractivity contribution in [1.29, 1.82) is 0 Å². The van der Waals surface area contributed by atoms with E-state index < -0.39 is 18.0 Å². The highest BCUT2D eigenvalue weighted by Crippen LogP contribution is 2.07. The van der Waals surface area contributed by atoms with Gasteiger partial charge in [0.05, 0.1) is 0 Å². The Balaban J connectivity index is 2.40. The van der Waals surface area contributed by atoms with Gasteiger partial charge >= 0.3 is 5.97 Å². The third-order valence-electron chi connectivity index (χ3n) is 1.95. The number of nitrogens with one attached hydrogen (secondary N) is 1. The number of amides is 1. The van der Waals surface area contributed by atoms with Crippen LogP contribution in [0.5, 0.6) is 0 Å². The molecule has 92 valence electrons. The fourth-order valence-electron chi connectivity index (χ4n) is 1.05. The average Bonchev–Trinajstić information content (AvgIpc) is 2.29. The van der Waals surface area contributed by atoms with E-state index >= 15 is 0 Å². The first-order valence-corrected chi connectivity index (χ1v) is 5.60. The van der Waals surface area contributed by atoms with Gasteiger partial charge in [0, 0.05) is 23.6 Å². The quantitative estimate of drug-likeness (QED) is 0.731. The zero-order chi connectivity index (χ0) is 12.8. The van der Waals surface area contributed by atoms with Gasteiger partial charge in [-0.25, -0.2) is 9.78 Å². The molecule has 1 heterocycles. The first-order chi connectivity index (χ1) is 8.00. The van der Waals surface area contributed by atoms with Crippen molar-refractivity contribution in [1.82, 2.24) is 10.3 Å². The number of rotatable bonds is 5. The van der Waals surface area contributed by atoms with Crippen LogP contribution in [-0.2, 0) is 4.79 Å². The van der Waals surface area contributed by atoms with Crippen LogP contribution in [0.3, 0.4) is 0 Å². The highest BCUT2D eigenvalue weighted by atomic mass is 79.9. The molecule has 0 aromatic carbocycles. The van der Waals surface area contributed by atoms with Gasteiger partial charge in [-0.3, -0.25) is 4.79 Å². The lowest BCUT2D eigenvalue weighted by Gasteiger charge is -2.06. The summed E-state index contributed by atoms with van der Waals surface area (Å²) >= 11 is 3.19. The highest BCUT2D eigenvalue weighted by molar-refractivity contribution is 9.10. The molecule has 0 saturated carbocycles. The minimum atomic E-state index is -1.46. The Bertz CT molecular complexity index is 407. The summed E-state index contributed by atoms with van der Waals surface area (Å²) in [6.45, 7) is 0.0735. The number of nitrogens with zero attached hydrogens (tertiary/aromatic N) is 1. The van der Waals surface area contributed by atoms with Crippen LogP contribution in [-0.4, -0.2) is 39.7 Å². The van der Waals surface area contributed by atoms with Crippen molar-refractivity contribution in [3.05, 3.63) is 28.5 Å². The SMILES string of the molecule is O=C(NCCC(O)C(=O)O)c1ccc(Br)cn1. The predicted molar refractivity (Wildman–Crippen MR) is 62.5 cm³/mol. The highest BCUT2D eigenvalue weighted by Gasteiger charge is 2.13. The van der Waals surface area contributed by atoms with E-state index in [0.29, 0.717) is 0 Å². The smallest absolute Gasteiger partial charge is 0.332 e. The zero-order valence-corrected chi connectivity index (χ0v) is 10.3. The molecule has 0 bridgehead atoms. The molecule has 1 amide bonds. The van der Waals surface area contributed by atoms with Crippen molar-refractivity contribution in [2.75, 3.05) is 6.54 Å². The first kappa shape index (κ1) is 13.6. The van der Waals surface area contributed by atoms with Crippen LogP contribution in [0.1, 0.15) is 16.9 Å². The lowest BCUT2D eigenvalue weighted by atomic mass is 10.2. The van der Waals surface area contributed by atoms with Gasteiger partial charge in [0.1, 0.15) is 5.69 Å². The van der Waals surface area contributed by atoms with E-state index in [1.807, 2.05) is 0 Å². The number of carboxylic acid groups (broad SMARTS) is 1. The Labute approximate surface area is 106 Å². The van der Waals surface area contributed by atoms with Crippen LogP contribution >= 0.6 is 15.9 Å². The summed E-state index contributed by atoms with van der Waals surface area (Å²) in [7, 11) is 0. The Morgan fingerprint density at radius 3 is 2.71 bits per heavy atom. The second-order valence-corrected chi connectivity index (χ2v) is 4.18. The second kappa shape index (κ2) is 6.31. The van der Waals surface area contributed by atoms with Crippen LogP contribution in [0.15, 0.2) is 22.8 Å². The Morgan fingerprint density at radius 2 is 2.18 bits per heavy atom. The number of carboxylic acids is 1. The van der Waals surface area contributed by atoms with Gasteiger partial charge in [-0.1, -0.05) is 0 Å². The molecule has 0 aliphatic rings. The average molecular weight is 303 g/mol. The fourth-order valence-corrected chi connectivity index (χ4v) is 1.28. The molecule has 1 rings (SSSR count). The van der Waals surface area contributed by atoms with Gasteiger partial charge < -0.3 is 15.5 Å². The molecule has 1 aromatic rings. The van der Waals surface area contributed by atoms with Crippen LogP contribution in [0.2, 0.25) is 0 Å². The molecule has 0 aliphatic heterocycles. The second-order valence-electron chi connectivity index (χ2n) is 3.26. The molecule has 0 spiro atoms. The number of hydrogen-bond donors (Lipinski definition) is 3. The van der Waals surface area contributed by atoms with Crippen molar-refractivity contribution in [3.63, 3.8) is 0 Å². The lowest BCUT2D eigenvalue weighted by molar-refractivity contribution is -0.146. The molecule has 3 N–H and O–H groups in total. The molecule has 1 atom stereocenters. The normalized spacial score (nSPS) is 11.9. The Kier molecular flexibility index (Phi) is 5.05. The van der Waals surface area contributed by atoms with Gasteiger partial charge in [-0.2, -0.15) is 0 Å². The van der Waals surface area contributed by atoms with Crippen LogP contribution in [0.25, 0.3) is 0 Å². The summed E-state index contributed by atoms with van der Waals surface area (Å²) in [5.74, 6) is -1.71. The number of carbonyl (C=O) groups is 2. The first-order valence-electron chi connectivity index (χ1n) is 4.81. The van der Waals surface area contributed by atoms with Gasteiger partial charge in [0.25, 0.3) is 5.91 Å². The summed E-state index contributed by atoms with van der Waals surface area (Å²) < 4.78 is 0.760. The molecule has 1 aromatic heterocycles. The molecule has 6 nitrogen and oxygen atoms in total. The monoisotopic (exact) mass is 302 g/mol. The number of pyridine rings is 1. The van der Waals surface area contributed by atoms with E-state index in [4.69, 9.17) is 10.2 Å². The van der Waals surface area contributed by atoms with Gasteiger partial charge in [0.15, 0.2) is 6.10 Å². The minimum Gasteiger partial charge on any atom is -0.479 e. The lowest BCUT2D eigenvalue weighted by Crippen LogP contribution is -2.30. The van der Waals surface area contributed by atoms with Crippen molar-refractivity contribution < 1.29 is 19.8 Å². The van der Waals surface area contributed by atoms with Crippen molar-refractivity contribution in [2.45, 2.75) is 12.5 Å². The number of carbonyl (C=O) groups excluding carboxylic acids is 1. The largest absolute Gasteiger partial charge is 0.479 e. The van der Waals surface area contributed by atoms with Crippen molar-refractivity contribution in [2.24, 2.45) is 0 Å². The number of aliphatic hydroxyl groups excluding tert-OH is 1. The van der Waals surface area contributed by atoms with Crippen LogP contribution in [0.4, 0.5) is 0 Å². The van der Waals surface area contributed by atoms with E-state index in [9.17, 15) is 9.59 Å². The summed E-state index contributed by atoms with van der Waals surface area (Å²) in [4.78, 5) is 25.7. The molecule has 0 saturated heterocycles. The molecule has 7 heteroatoms. The number of aromatic nitrogens is 1. The molecule has 0 radical (unpaired) electrons. The van der Waals surface area contributed by atoms with Crippen molar-refractivity contribution in [3.8, 4) is 0 Å². The standard InChI is InChI=1S/C10H11BrN2O4/c11-6-1-2-7(13-5-6)9(15)12-4-3-8(14)10(16)17/h1-2,5,8,14H,3-4H2,(H,12,15)(H,16,17). The van der Waals surface area contributed by atoms with Crippen molar-refractivity contribution >= 4 is 27.8 Å². The molecule has 0 aliphatic carbocycles. The van der Waals surface area contributed by atoms with Crippen LogP contribution in [0, 0.1) is 0 Å². The number of aliphatic carboxylic acids is 1. The number of aliphatic hydroxyl groups is 1. The summed E-state index contributed by atoms with van der Waals surface area (Å²) in [6, 6.07) is 3.21. The third-order valence-corrected chi connectivity index (χ3v) is 2.42. The summed E-state index contributed by atoms with van der Waals surface area (Å²) in [5.41, 5.74) is 0.234. The maximum Gasteiger partial charge on any atom is 0.332 e. The maximum absolute atomic E-state index is 11.5. The van der Waals surface area contributed by atoms with Gasteiger partial charge in [-0.15, -0.1) is 0 Å². The molecule has 1 unspecified atom stereocenters. The van der Waals surface area contributed by atoms with E-state index in [1.165, 1.54) is 12.3 Å². The van der Waals surface area contributed by atoms with E-state index in [1.54, 1.807) is 6.07 Å². The third kappa shape index (κ3) is 4.49. The Morgan fingerprint density at radius 1 is 1.47 bits per heavy atom. The Hall–Kier alpha value is -1.47. The van der Waals surface area contributed by atoms with E-state index in [0.717, 1.165) is 4.47 Å². The number of halogens is 1. The van der Waals surface area contributed by atoms with E-state index in [2.05, 4.69) is 26.2 Å². The number of hydrogen-bond acceptors (Lipinski definition) is 4. The predicted octanol–water partition coefficient (Wildman–Crippen LogP) is 0.409. The summed E-state index contributed by atoms with van der Waals surface area (Å²) in [5, 5.41) is 19.9. The molecule has 17 heavy (non-hydrogen) atoms. The van der Waals surface area contributed by atoms with Gasteiger partial charge in [-0.05, 0) is 28.1 Å². The zero-order valence-electron chi connectivity index (χ0n) is 8.76. The fraction of sp³-hybridized carbons (Fsp3) is 0.300. The molecular formula is C10H11BrN2O4. The molecule has 0 fully saturated rings. The van der Waals surface area contributed by atoms with Gasteiger partial charge in [0.2, 0.25) is 0 Å². The maximum atomic E-state index is 11.5. The minimum absolute atomic E-state index is 0.0440. The molecular weight excluding hydrogens is 292 g/mol. The van der Waals surface area contributed by atoms with Crippen LogP contribution < -0.4 is 5.32 Å². The van der Waals surface area contributed by atoms with E-state index in [-0.39, 0.29) is 18.7 Å². The summed E-state index contributed by atoms with van der Waals surface area (Å²) in [6.07, 6.45) is -0.0216. The topological polar surface area (TPSA) is 99.5 Å².